The third-order valence-corrected chi connectivity index (χ3v) is 5.74. The fourth-order valence-electron chi connectivity index (χ4n) is 4.08. The fraction of sp³-hybridized carbons (Fsp3) is 0.391. The lowest BCUT2D eigenvalue weighted by Gasteiger charge is -2.32. The third-order valence-electron chi connectivity index (χ3n) is 5.74. The molecular formula is C23H25F3N4O. The first-order chi connectivity index (χ1) is 14.8. The number of nitrogens with one attached hydrogen (secondary N) is 1. The number of hydrogen-bond donors (Lipinski definition) is 1. The summed E-state index contributed by atoms with van der Waals surface area (Å²) < 4.78 is 40.8. The largest absolute Gasteiger partial charge is 0.417 e. The molecule has 1 N–H and O–H groups in total. The molecule has 3 heterocycles. The minimum absolute atomic E-state index is 0.0134. The minimum Gasteiger partial charge on any atom is -0.348 e. The first-order valence-corrected chi connectivity index (χ1v) is 10.5. The van der Waals surface area contributed by atoms with Crippen LogP contribution in [0.25, 0.3) is 5.65 Å². The lowest BCUT2D eigenvalue weighted by molar-refractivity contribution is -0.137. The van der Waals surface area contributed by atoms with E-state index in [2.05, 4.69) is 27.3 Å². The highest BCUT2D eigenvalue weighted by atomic mass is 19.4. The van der Waals surface area contributed by atoms with Gasteiger partial charge in [0, 0.05) is 31.9 Å². The number of benzene rings is 1. The number of piperidine rings is 1. The molecule has 5 nitrogen and oxygen atoms in total. The summed E-state index contributed by atoms with van der Waals surface area (Å²) in [4.78, 5) is 19.7. The maximum atomic E-state index is 13.2. The van der Waals surface area contributed by atoms with Crippen molar-refractivity contribution in [1.82, 2.24) is 19.6 Å². The average Bonchev–Trinajstić information content (AvgIpc) is 3.13. The Bertz CT molecular complexity index is 1050. The van der Waals surface area contributed by atoms with Crippen molar-refractivity contribution in [2.24, 2.45) is 0 Å². The number of likely N-dealkylation sites (tertiary alicyclic amines) is 1. The van der Waals surface area contributed by atoms with Crippen molar-refractivity contribution >= 4 is 11.6 Å². The van der Waals surface area contributed by atoms with Gasteiger partial charge in [-0.05, 0) is 37.0 Å². The molecule has 1 amide bonds. The lowest BCUT2D eigenvalue weighted by Crippen LogP contribution is -2.44. The van der Waals surface area contributed by atoms with E-state index >= 15 is 0 Å². The van der Waals surface area contributed by atoms with E-state index in [1.54, 1.807) is 0 Å². The Labute approximate surface area is 178 Å². The van der Waals surface area contributed by atoms with E-state index in [-0.39, 0.29) is 17.6 Å². The summed E-state index contributed by atoms with van der Waals surface area (Å²) >= 11 is 0. The van der Waals surface area contributed by atoms with Gasteiger partial charge in [-0.2, -0.15) is 13.2 Å². The molecule has 1 aliphatic rings. The Balaban J connectivity index is 1.46. The second-order valence-electron chi connectivity index (χ2n) is 7.91. The van der Waals surface area contributed by atoms with Gasteiger partial charge in [0.1, 0.15) is 11.3 Å². The van der Waals surface area contributed by atoms with E-state index in [0.29, 0.717) is 17.8 Å². The molecule has 0 unspecified atom stereocenters. The quantitative estimate of drug-likeness (QED) is 0.656. The number of imidazole rings is 1. The van der Waals surface area contributed by atoms with Crippen LogP contribution in [-0.2, 0) is 19.1 Å². The molecule has 0 saturated carbocycles. The zero-order valence-corrected chi connectivity index (χ0v) is 17.3. The van der Waals surface area contributed by atoms with Gasteiger partial charge >= 0.3 is 6.18 Å². The number of rotatable bonds is 5. The number of carbonyl (C=O) groups is 1. The Hall–Kier alpha value is -2.87. The van der Waals surface area contributed by atoms with Crippen molar-refractivity contribution < 1.29 is 18.0 Å². The van der Waals surface area contributed by atoms with E-state index in [1.165, 1.54) is 16.0 Å². The van der Waals surface area contributed by atoms with Gasteiger partial charge in [-0.15, -0.1) is 0 Å². The van der Waals surface area contributed by atoms with E-state index < -0.39 is 11.7 Å². The van der Waals surface area contributed by atoms with E-state index in [9.17, 15) is 18.0 Å². The molecule has 0 aliphatic carbocycles. The minimum atomic E-state index is -4.48. The summed E-state index contributed by atoms with van der Waals surface area (Å²) in [5.41, 5.74) is 1.48. The van der Waals surface area contributed by atoms with Crippen molar-refractivity contribution in [3.63, 3.8) is 0 Å². The van der Waals surface area contributed by atoms with Crippen LogP contribution in [0.1, 0.15) is 47.1 Å². The Kier molecular flexibility index (Phi) is 6.00. The number of halogens is 3. The Morgan fingerprint density at radius 1 is 1.13 bits per heavy atom. The number of aromatic nitrogens is 2. The van der Waals surface area contributed by atoms with E-state index in [0.717, 1.165) is 44.7 Å². The fourth-order valence-corrected chi connectivity index (χ4v) is 4.08. The van der Waals surface area contributed by atoms with Crippen LogP contribution in [0.15, 0.2) is 48.7 Å². The zero-order valence-electron chi connectivity index (χ0n) is 17.3. The molecule has 3 aromatic rings. The van der Waals surface area contributed by atoms with Crippen LogP contribution in [0.3, 0.4) is 0 Å². The third kappa shape index (κ3) is 4.74. The molecule has 0 radical (unpaired) electrons. The predicted molar refractivity (Wildman–Crippen MR) is 112 cm³/mol. The number of fused-ring (bicyclic) bond motifs is 1. The molecule has 31 heavy (non-hydrogen) atoms. The van der Waals surface area contributed by atoms with E-state index in [1.807, 2.05) is 25.1 Å². The Morgan fingerprint density at radius 3 is 2.48 bits per heavy atom. The molecule has 1 fully saturated rings. The maximum absolute atomic E-state index is 13.2. The summed E-state index contributed by atoms with van der Waals surface area (Å²) in [5.74, 6) is -0.370. The average molecular weight is 430 g/mol. The van der Waals surface area contributed by atoms with Gasteiger partial charge in [-0.25, -0.2) is 4.98 Å². The molecule has 164 valence electrons. The van der Waals surface area contributed by atoms with Crippen LogP contribution in [0, 0.1) is 0 Å². The van der Waals surface area contributed by atoms with Crippen LogP contribution in [0.5, 0.6) is 0 Å². The number of alkyl halides is 3. The first kappa shape index (κ1) is 21.4. The highest BCUT2D eigenvalue weighted by Gasteiger charge is 2.32. The van der Waals surface area contributed by atoms with Crippen molar-refractivity contribution in [1.29, 1.82) is 0 Å². The zero-order chi connectivity index (χ0) is 22.0. The number of amides is 1. The number of aryl methyl sites for hydroxylation is 1. The second kappa shape index (κ2) is 8.70. The monoisotopic (exact) mass is 430 g/mol. The summed E-state index contributed by atoms with van der Waals surface area (Å²) in [6, 6.07) is 12.5. The molecule has 0 bridgehead atoms. The van der Waals surface area contributed by atoms with Gasteiger partial charge < -0.3 is 5.32 Å². The number of pyridine rings is 1. The summed E-state index contributed by atoms with van der Waals surface area (Å²) in [6.45, 7) is 4.41. The number of hydrogen-bond acceptors (Lipinski definition) is 3. The summed E-state index contributed by atoms with van der Waals surface area (Å²) in [6.07, 6.45) is -1.47. The highest BCUT2D eigenvalue weighted by molar-refractivity contribution is 5.95. The van der Waals surface area contributed by atoms with Gasteiger partial charge in [0.05, 0.1) is 11.3 Å². The normalized spacial score (nSPS) is 16.0. The molecular weight excluding hydrogens is 405 g/mol. The second-order valence-corrected chi connectivity index (χ2v) is 7.91. The van der Waals surface area contributed by atoms with Gasteiger partial charge in [0.2, 0.25) is 0 Å². The Morgan fingerprint density at radius 2 is 1.84 bits per heavy atom. The highest BCUT2D eigenvalue weighted by Crippen LogP contribution is 2.30. The van der Waals surface area contributed by atoms with Crippen LogP contribution in [0.4, 0.5) is 13.2 Å². The molecule has 2 aromatic heterocycles. The van der Waals surface area contributed by atoms with Gasteiger partial charge in [0.25, 0.3) is 5.91 Å². The van der Waals surface area contributed by atoms with Crippen LogP contribution in [0.2, 0.25) is 0 Å². The van der Waals surface area contributed by atoms with Crippen LogP contribution in [-0.4, -0.2) is 39.3 Å². The first-order valence-electron chi connectivity index (χ1n) is 10.5. The van der Waals surface area contributed by atoms with Gasteiger partial charge in [-0.3, -0.25) is 14.1 Å². The van der Waals surface area contributed by atoms with Crippen LogP contribution < -0.4 is 5.32 Å². The topological polar surface area (TPSA) is 49.6 Å². The molecule has 0 atom stereocenters. The van der Waals surface area contributed by atoms with Crippen molar-refractivity contribution in [3.8, 4) is 0 Å². The van der Waals surface area contributed by atoms with Crippen LogP contribution >= 0.6 is 0 Å². The summed E-state index contributed by atoms with van der Waals surface area (Å²) in [5, 5.41) is 3.02. The molecule has 0 spiro atoms. The predicted octanol–water partition coefficient (Wildman–Crippen LogP) is 4.31. The smallest absolute Gasteiger partial charge is 0.348 e. The molecule has 1 saturated heterocycles. The lowest BCUT2D eigenvalue weighted by atomic mass is 10.0. The van der Waals surface area contributed by atoms with E-state index in [4.69, 9.17) is 0 Å². The molecule has 1 aliphatic heterocycles. The van der Waals surface area contributed by atoms with Crippen molar-refractivity contribution in [3.05, 3.63) is 71.2 Å². The van der Waals surface area contributed by atoms with Crippen molar-refractivity contribution in [2.75, 3.05) is 13.1 Å². The van der Waals surface area contributed by atoms with Gasteiger partial charge in [-0.1, -0.05) is 37.3 Å². The molecule has 4 rings (SSSR count). The number of carbonyl (C=O) groups excluding carboxylic acids is 1. The van der Waals surface area contributed by atoms with Gasteiger partial charge in [0.15, 0.2) is 0 Å². The molecule has 8 heteroatoms. The molecule has 1 aromatic carbocycles. The summed E-state index contributed by atoms with van der Waals surface area (Å²) in [7, 11) is 0. The SMILES string of the molecule is CCc1nc2ccc(C(F)(F)F)cn2c1C(=O)NC1CCN(Cc2ccccc2)CC1. The maximum Gasteiger partial charge on any atom is 0.417 e. The van der Waals surface area contributed by atoms with Crippen molar-refractivity contribution in [2.45, 2.75) is 44.9 Å². The standard InChI is InChI=1S/C23H25F3N4O/c1-2-19-21(30-15-17(23(24,25)26)8-9-20(30)28-19)22(31)27-18-10-12-29(13-11-18)14-16-6-4-3-5-7-16/h3-9,15,18H,2,10-14H2,1H3,(H,27,31). The number of nitrogens with zero attached hydrogens (tertiary/aromatic N) is 3.